The Morgan fingerprint density at radius 3 is 3.00 bits per heavy atom. The van der Waals surface area contributed by atoms with Gasteiger partial charge in [0.05, 0.1) is 11.9 Å². The fourth-order valence-electron chi connectivity index (χ4n) is 1.79. The Bertz CT molecular complexity index is 454. The second kappa shape index (κ2) is 2.31. The van der Waals surface area contributed by atoms with E-state index in [2.05, 4.69) is 21.3 Å². The van der Waals surface area contributed by atoms with Gasteiger partial charge in [0.25, 0.3) is 0 Å². The molecule has 3 nitrogen and oxygen atoms in total. The van der Waals surface area contributed by atoms with Gasteiger partial charge in [0.2, 0.25) is 0 Å². The van der Waals surface area contributed by atoms with Gasteiger partial charge in [-0.2, -0.15) is 0 Å². The smallest absolute Gasteiger partial charge is 0.155 e. The minimum Gasteiger partial charge on any atom is -0.301 e. The molecule has 0 amide bonds. The van der Waals surface area contributed by atoms with Gasteiger partial charge in [-0.15, -0.1) is 0 Å². The van der Waals surface area contributed by atoms with Gasteiger partial charge < -0.3 is 4.40 Å². The Morgan fingerprint density at radius 1 is 1.46 bits per heavy atom. The Balaban J connectivity index is 2.30. The van der Waals surface area contributed by atoms with Crippen LogP contribution in [0, 0.1) is 6.92 Å². The van der Waals surface area contributed by atoms with Crippen LogP contribution in [0.25, 0.3) is 5.65 Å². The van der Waals surface area contributed by atoms with Crippen molar-refractivity contribution >= 4 is 5.65 Å². The van der Waals surface area contributed by atoms with E-state index in [1.165, 1.54) is 24.2 Å². The lowest BCUT2D eigenvalue weighted by Gasteiger charge is -1.94. The Morgan fingerprint density at radius 2 is 2.31 bits per heavy atom. The fraction of sp³-hybridized carbons (Fsp3) is 0.400. The summed E-state index contributed by atoms with van der Waals surface area (Å²) in [6.07, 6.45) is 8.21. The van der Waals surface area contributed by atoms with Crippen molar-refractivity contribution in [2.75, 3.05) is 0 Å². The molecule has 0 saturated heterocycles. The van der Waals surface area contributed by atoms with E-state index in [0.29, 0.717) is 0 Å². The summed E-state index contributed by atoms with van der Waals surface area (Å²) in [6.45, 7) is 2.13. The largest absolute Gasteiger partial charge is 0.301 e. The van der Waals surface area contributed by atoms with Crippen molar-refractivity contribution in [2.24, 2.45) is 0 Å². The van der Waals surface area contributed by atoms with Crippen LogP contribution in [0.2, 0.25) is 0 Å². The van der Waals surface area contributed by atoms with Crippen LogP contribution >= 0.6 is 0 Å². The molecule has 3 rings (SSSR count). The highest BCUT2D eigenvalue weighted by molar-refractivity contribution is 5.42. The molecule has 2 aromatic heterocycles. The molecule has 66 valence electrons. The molecule has 1 aliphatic carbocycles. The number of hydrogen-bond donors (Lipinski definition) is 0. The van der Waals surface area contributed by atoms with Crippen LogP contribution in [-0.4, -0.2) is 14.4 Å². The molecule has 0 spiro atoms. The number of nitrogens with zero attached hydrogens (tertiary/aromatic N) is 3. The fourth-order valence-corrected chi connectivity index (χ4v) is 1.79. The van der Waals surface area contributed by atoms with Crippen LogP contribution in [-0.2, 0) is 0 Å². The quantitative estimate of drug-likeness (QED) is 0.659. The molecule has 1 saturated carbocycles. The normalized spacial score (nSPS) is 16.7. The minimum atomic E-state index is 0.722. The maximum atomic E-state index is 4.57. The Labute approximate surface area is 76.4 Å². The van der Waals surface area contributed by atoms with E-state index in [1.54, 1.807) is 6.20 Å². The molecular weight excluding hydrogens is 162 g/mol. The maximum absolute atomic E-state index is 4.57. The number of aromatic nitrogens is 3. The van der Waals surface area contributed by atoms with E-state index < -0.39 is 0 Å². The monoisotopic (exact) mass is 173 g/mol. The summed E-state index contributed by atoms with van der Waals surface area (Å²) in [7, 11) is 0. The first-order valence-electron chi connectivity index (χ1n) is 4.65. The van der Waals surface area contributed by atoms with E-state index in [1.807, 2.05) is 12.4 Å². The van der Waals surface area contributed by atoms with Crippen molar-refractivity contribution in [2.45, 2.75) is 25.7 Å². The van der Waals surface area contributed by atoms with E-state index in [4.69, 9.17) is 0 Å². The van der Waals surface area contributed by atoms with Gasteiger partial charge in [0.1, 0.15) is 0 Å². The van der Waals surface area contributed by atoms with Crippen LogP contribution < -0.4 is 0 Å². The van der Waals surface area contributed by atoms with Crippen molar-refractivity contribution < 1.29 is 0 Å². The Hall–Kier alpha value is -1.38. The molecular formula is C10H11N3. The lowest BCUT2D eigenvalue weighted by atomic mass is 10.2. The number of aryl methyl sites for hydroxylation is 1. The SMILES string of the molecule is Cc1c(C2CC2)nc2cnccn12. The zero-order valence-electron chi connectivity index (χ0n) is 7.57. The molecule has 0 aliphatic heterocycles. The summed E-state index contributed by atoms with van der Waals surface area (Å²) in [5, 5.41) is 0. The summed E-state index contributed by atoms with van der Waals surface area (Å²) < 4.78 is 2.11. The molecule has 0 radical (unpaired) electrons. The molecule has 1 aliphatic rings. The highest BCUT2D eigenvalue weighted by Crippen LogP contribution is 2.40. The molecule has 13 heavy (non-hydrogen) atoms. The predicted octanol–water partition coefficient (Wildman–Crippen LogP) is 1.92. The van der Waals surface area contributed by atoms with Gasteiger partial charge in [-0.3, -0.25) is 4.98 Å². The molecule has 2 aromatic rings. The topological polar surface area (TPSA) is 30.2 Å². The van der Waals surface area contributed by atoms with Crippen LogP contribution in [0.15, 0.2) is 18.6 Å². The molecule has 0 atom stereocenters. The summed E-state index contributed by atoms with van der Waals surface area (Å²) in [5.41, 5.74) is 3.52. The number of fused-ring (bicyclic) bond motifs is 1. The van der Waals surface area contributed by atoms with Crippen molar-refractivity contribution in [3.05, 3.63) is 30.0 Å². The Kier molecular flexibility index (Phi) is 1.26. The molecule has 0 N–H and O–H groups in total. The third-order valence-electron chi connectivity index (χ3n) is 2.67. The molecule has 2 heterocycles. The number of imidazole rings is 1. The van der Waals surface area contributed by atoms with Crippen molar-refractivity contribution in [1.29, 1.82) is 0 Å². The standard InChI is InChI=1S/C10H11N3/c1-7-10(8-2-3-8)12-9-6-11-4-5-13(7)9/h4-6,8H,2-3H2,1H3. The van der Waals surface area contributed by atoms with Gasteiger partial charge in [-0.1, -0.05) is 0 Å². The predicted molar refractivity (Wildman–Crippen MR) is 49.7 cm³/mol. The zero-order chi connectivity index (χ0) is 8.84. The average Bonchev–Trinajstić information content (AvgIpc) is 2.94. The van der Waals surface area contributed by atoms with Crippen molar-refractivity contribution in [1.82, 2.24) is 14.4 Å². The van der Waals surface area contributed by atoms with E-state index >= 15 is 0 Å². The molecule has 1 fully saturated rings. The van der Waals surface area contributed by atoms with E-state index in [0.717, 1.165) is 11.6 Å². The van der Waals surface area contributed by atoms with Crippen LogP contribution in [0.4, 0.5) is 0 Å². The van der Waals surface area contributed by atoms with Crippen LogP contribution in [0.1, 0.15) is 30.1 Å². The van der Waals surface area contributed by atoms with Gasteiger partial charge in [-0.25, -0.2) is 4.98 Å². The van der Waals surface area contributed by atoms with E-state index in [-0.39, 0.29) is 0 Å². The van der Waals surface area contributed by atoms with Crippen LogP contribution in [0.5, 0.6) is 0 Å². The highest BCUT2D eigenvalue weighted by atomic mass is 15.0. The van der Waals surface area contributed by atoms with Gasteiger partial charge in [0.15, 0.2) is 5.65 Å². The minimum absolute atomic E-state index is 0.722. The molecule has 0 unspecified atom stereocenters. The lowest BCUT2D eigenvalue weighted by Crippen LogP contribution is -1.88. The van der Waals surface area contributed by atoms with Gasteiger partial charge in [0, 0.05) is 24.0 Å². The summed E-state index contributed by atoms with van der Waals surface area (Å²) >= 11 is 0. The van der Waals surface area contributed by atoms with Gasteiger partial charge >= 0.3 is 0 Å². The molecule has 3 heteroatoms. The second-order valence-electron chi connectivity index (χ2n) is 3.66. The van der Waals surface area contributed by atoms with Crippen LogP contribution in [0.3, 0.4) is 0 Å². The zero-order valence-corrected chi connectivity index (χ0v) is 7.57. The summed E-state index contributed by atoms with van der Waals surface area (Å²) in [6, 6.07) is 0. The summed E-state index contributed by atoms with van der Waals surface area (Å²) in [5.74, 6) is 0.722. The van der Waals surface area contributed by atoms with E-state index in [9.17, 15) is 0 Å². The first kappa shape index (κ1) is 7.06. The maximum Gasteiger partial charge on any atom is 0.155 e. The first-order valence-corrected chi connectivity index (χ1v) is 4.65. The molecule has 0 bridgehead atoms. The van der Waals surface area contributed by atoms with Crippen molar-refractivity contribution in [3.8, 4) is 0 Å². The van der Waals surface area contributed by atoms with Crippen molar-refractivity contribution in [3.63, 3.8) is 0 Å². The third kappa shape index (κ3) is 0.963. The average molecular weight is 173 g/mol. The number of rotatable bonds is 1. The molecule has 0 aromatic carbocycles. The highest BCUT2D eigenvalue weighted by Gasteiger charge is 2.28. The first-order chi connectivity index (χ1) is 6.36. The number of hydrogen-bond acceptors (Lipinski definition) is 2. The second-order valence-corrected chi connectivity index (χ2v) is 3.66. The third-order valence-corrected chi connectivity index (χ3v) is 2.67. The lowest BCUT2D eigenvalue weighted by molar-refractivity contribution is 1.01. The van der Waals surface area contributed by atoms with Gasteiger partial charge in [-0.05, 0) is 19.8 Å². The summed E-state index contributed by atoms with van der Waals surface area (Å²) in [4.78, 5) is 8.64.